The van der Waals surface area contributed by atoms with E-state index in [9.17, 15) is 0 Å². The lowest BCUT2D eigenvalue weighted by Gasteiger charge is -2.07. The molecule has 0 unspecified atom stereocenters. The van der Waals surface area contributed by atoms with Crippen LogP contribution >= 0.6 is 0 Å². The fourth-order valence-corrected chi connectivity index (χ4v) is 1.25. The van der Waals surface area contributed by atoms with E-state index in [2.05, 4.69) is 30.7 Å². The minimum Gasteiger partial charge on any atom is -0.385 e. The van der Waals surface area contributed by atoms with Crippen LogP contribution in [-0.4, -0.2) is 19.6 Å². The summed E-state index contributed by atoms with van der Waals surface area (Å²) < 4.78 is 0. The van der Waals surface area contributed by atoms with Crippen LogP contribution in [0, 0.1) is 0 Å². The Morgan fingerprint density at radius 2 is 2.07 bits per heavy atom. The molecule has 0 rings (SSSR count). The predicted octanol–water partition coefficient (Wildman–Crippen LogP) is 2.45. The lowest BCUT2D eigenvalue weighted by molar-refractivity contribution is 0.607. The van der Waals surface area contributed by atoms with Gasteiger partial charge < -0.3 is 10.6 Å². The van der Waals surface area contributed by atoms with Crippen molar-refractivity contribution in [2.75, 3.05) is 19.6 Å². The zero-order valence-corrected chi connectivity index (χ0v) is 9.44. The molecular formula is C12H24N2. The Hall–Kier alpha value is -0.760. The fourth-order valence-electron chi connectivity index (χ4n) is 1.25. The van der Waals surface area contributed by atoms with Crippen LogP contribution in [0.4, 0.5) is 0 Å². The van der Waals surface area contributed by atoms with Gasteiger partial charge in [-0.3, -0.25) is 0 Å². The molecule has 0 aromatic carbocycles. The Kier molecular flexibility index (Phi) is 9.76. The van der Waals surface area contributed by atoms with Crippen molar-refractivity contribution in [1.29, 1.82) is 0 Å². The summed E-state index contributed by atoms with van der Waals surface area (Å²) in [6, 6.07) is 0. The summed E-state index contributed by atoms with van der Waals surface area (Å²) in [5, 5.41) is 6.53. The van der Waals surface area contributed by atoms with Crippen LogP contribution in [0.5, 0.6) is 0 Å². The van der Waals surface area contributed by atoms with E-state index in [-0.39, 0.29) is 0 Å². The molecule has 0 fully saturated rings. The summed E-state index contributed by atoms with van der Waals surface area (Å²) in [6.45, 7) is 12.8. The first-order valence-electron chi connectivity index (χ1n) is 5.54. The van der Waals surface area contributed by atoms with Crippen LogP contribution in [0.25, 0.3) is 0 Å². The summed E-state index contributed by atoms with van der Waals surface area (Å²) >= 11 is 0. The molecule has 0 heterocycles. The Bertz CT molecular complexity index is 152. The fraction of sp³-hybridized carbons (Fsp3) is 0.667. The van der Waals surface area contributed by atoms with Gasteiger partial charge in [-0.15, -0.1) is 6.58 Å². The number of nitrogens with one attached hydrogen (secondary N) is 2. The van der Waals surface area contributed by atoms with Crippen molar-refractivity contribution < 1.29 is 0 Å². The quantitative estimate of drug-likeness (QED) is 0.414. The lowest BCUT2D eigenvalue weighted by Crippen LogP contribution is -2.14. The van der Waals surface area contributed by atoms with Crippen LogP contribution in [0.15, 0.2) is 24.9 Å². The molecule has 14 heavy (non-hydrogen) atoms. The first-order chi connectivity index (χ1) is 6.81. The Balaban J connectivity index is 3.10. The number of hydrogen-bond donors (Lipinski definition) is 2. The molecule has 0 aromatic heterocycles. The Morgan fingerprint density at radius 1 is 1.29 bits per heavy atom. The maximum Gasteiger partial charge on any atom is 0.0325 e. The van der Waals surface area contributed by atoms with E-state index >= 15 is 0 Å². The summed E-state index contributed by atoms with van der Waals surface area (Å²) in [7, 11) is 0. The number of unbranched alkanes of at least 4 members (excludes halogenated alkanes) is 2. The van der Waals surface area contributed by atoms with E-state index in [0.717, 1.165) is 31.8 Å². The number of allylic oxidation sites excluding steroid dienone is 1. The van der Waals surface area contributed by atoms with Gasteiger partial charge in [-0.25, -0.2) is 0 Å². The average Bonchev–Trinajstić information content (AvgIpc) is 2.20. The smallest absolute Gasteiger partial charge is 0.0325 e. The second kappa shape index (κ2) is 10.3. The highest BCUT2D eigenvalue weighted by molar-refractivity contribution is 4.92. The van der Waals surface area contributed by atoms with E-state index in [1.54, 1.807) is 0 Å². The summed E-state index contributed by atoms with van der Waals surface area (Å²) in [5.41, 5.74) is 1.13. The van der Waals surface area contributed by atoms with E-state index in [1.165, 1.54) is 19.3 Å². The first kappa shape index (κ1) is 13.2. The van der Waals surface area contributed by atoms with Crippen molar-refractivity contribution in [3.05, 3.63) is 24.9 Å². The molecule has 0 aromatic rings. The molecule has 0 saturated carbocycles. The maximum atomic E-state index is 3.95. The van der Waals surface area contributed by atoms with Crippen LogP contribution in [0.1, 0.15) is 32.6 Å². The molecule has 0 amide bonds. The summed E-state index contributed by atoms with van der Waals surface area (Å²) in [5.74, 6) is 0. The van der Waals surface area contributed by atoms with Crippen molar-refractivity contribution in [2.24, 2.45) is 0 Å². The molecule has 2 N–H and O–H groups in total. The van der Waals surface area contributed by atoms with Gasteiger partial charge in [0.25, 0.3) is 0 Å². The molecule has 0 saturated heterocycles. The average molecular weight is 196 g/mol. The lowest BCUT2D eigenvalue weighted by atomic mass is 10.1. The van der Waals surface area contributed by atoms with Gasteiger partial charge in [0, 0.05) is 12.2 Å². The third kappa shape index (κ3) is 9.33. The van der Waals surface area contributed by atoms with Crippen LogP contribution < -0.4 is 10.6 Å². The van der Waals surface area contributed by atoms with Crippen molar-refractivity contribution in [1.82, 2.24) is 10.6 Å². The van der Waals surface area contributed by atoms with Crippen LogP contribution in [0.2, 0.25) is 0 Å². The summed E-state index contributed by atoms with van der Waals surface area (Å²) in [6.07, 6.45) is 6.72. The molecule has 0 bridgehead atoms. The maximum absolute atomic E-state index is 3.95. The Morgan fingerprint density at radius 3 is 2.71 bits per heavy atom. The zero-order chi connectivity index (χ0) is 10.6. The largest absolute Gasteiger partial charge is 0.385 e. The van der Waals surface area contributed by atoms with Gasteiger partial charge in [-0.05, 0) is 32.4 Å². The highest BCUT2D eigenvalue weighted by Crippen LogP contribution is 2.03. The molecule has 0 aliphatic carbocycles. The second-order valence-corrected chi connectivity index (χ2v) is 3.44. The third-order valence-corrected chi connectivity index (χ3v) is 2.08. The molecule has 0 atom stereocenters. The predicted molar refractivity (Wildman–Crippen MR) is 64.4 cm³/mol. The van der Waals surface area contributed by atoms with Crippen molar-refractivity contribution in [2.45, 2.75) is 32.6 Å². The van der Waals surface area contributed by atoms with Gasteiger partial charge >= 0.3 is 0 Å². The third-order valence-electron chi connectivity index (χ3n) is 2.08. The van der Waals surface area contributed by atoms with E-state index in [4.69, 9.17) is 0 Å². The molecular weight excluding hydrogens is 172 g/mol. The van der Waals surface area contributed by atoms with Gasteiger partial charge in [0.2, 0.25) is 0 Å². The highest BCUT2D eigenvalue weighted by Gasteiger charge is 1.92. The number of rotatable bonds is 10. The number of hydrogen-bond acceptors (Lipinski definition) is 2. The van der Waals surface area contributed by atoms with Crippen LogP contribution in [-0.2, 0) is 0 Å². The van der Waals surface area contributed by atoms with Crippen molar-refractivity contribution >= 4 is 0 Å². The van der Waals surface area contributed by atoms with Gasteiger partial charge in [0.1, 0.15) is 0 Å². The second-order valence-electron chi connectivity index (χ2n) is 3.44. The van der Waals surface area contributed by atoms with Gasteiger partial charge in [0.05, 0.1) is 0 Å². The summed E-state index contributed by atoms with van der Waals surface area (Å²) in [4.78, 5) is 0. The SMILES string of the molecule is C=CCNC(=C)CCCCCNCC. The molecule has 0 spiro atoms. The molecule has 0 aliphatic heterocycles. The van der Waals surface area contributed by atoms with Gasteiger partial charge in [-0.2, -0.15) is 0 Å². The molecule has 0 radical (unpaired) electrons. The van der Waals surface area contributed by atoms with Crippen LogP contribution in [0.3, 0.4) is 0 Å². The molecule has 2 heteroatoms. The minimum atomic E-state index is 0.830. The highest BCUT2D eigenvalue weighted by atomic mass is 14.9. The first-order valence-corrected chi connectivity index (χ1v) is 5.54. The normalized spacial score (nSPS) is 9.79. The Labute approximate surface area is 88.5 Å². The monoisotopic (exact) mass is 196 g/mol. The zero-order valence-electron chi connectivity index (χ0n) is 9.44. The molecule has 82 valence electrons. The van der Waals surface area contributed by atoms with E-state index in [1.807, 2.05) is 6.08 Å². The van der Waals surface area contributed by atoms with Gasteiger partial charge in [-0.1, -0.05) is 26.0 Å². The van der Waals surface area contributed by atoms with Gasteiger partial charge in [0.15, 0.2) is 0 Å². The van der Waals surface area contributed by atoms with Crippen molar-refractivity contribution in [3.63, 3.8) is 0 Å². The molecule has 2 nitrogen and oxygen atoms in total. The molecule has 0 aliphatic rings. The minimum absolute atomic E-state index is 0.830. The standard InChI is InChI=1S/C12H24N2/c1-4-10-14-12(3)9-7-6-8-11-13-5-2/h4,13-14H,1,3,5-11H2,2H3. The van der Waals surface area contributed by atoms with E-state index in [0.29, 0.717) is 0 Å². The van der Waals surface area contributed by atoms with E-state index < -0.39 is 0 Å². The topological polar surface area (TPSA) is 24.1 Å². The van der Waals surface area contributed by atoms with Crippen molar-refractivity contribution in [3.8, 4) is 0 Å².